The van der Waals surface area contributed by atoms with Gasteiger partial charge in [-0.3, -0.25) is 4.79 Å². The summed E-state index contributed by atoms with van der Waals surface area (Å²) in [5, 5.41) is 9.13. The second-order valence-electron chi connectivity index (χ2n) is 5.73. The Balaban J connectivity index is 2.17. The predicted molar refractivity (Wildman–Crippen MR) is 74.8 cm³/mol. The van der Waals surface area contributed by atoms with Gasteiger partial charge in [-0.1, -0.05) is 18.2 Å². The van der Waals surface area contributed by atoms with E-state index in [4.69, 9.17) is 5.26 Å². The van der Waals surface area contributed by atoms with Gasteiger partial charge in [-0.2, -0.15) is 5.26 Å². The molecule has 0 aromatic heterocycles. The van der Waals surface area contributed by atoms with Crippen LogP contribution in [0.25, 0.3) is 0 Å². The third kappa shape index (κ3) is 2.63. The smallest absolute Gasteiger partial charge is 0.254 e. The van der Waals surface area contributed by atoms with Gasteiger partial charge in [-0.15, -0.1) is 0 Å². The topological polar surface area (TPSA) is 44.1 Å². The summed E-state index contributed by atoms with van der Waals surface area (Å²) in [4.78, 5) is 14.5. The summed E-state index contributed by atoms with van der Waals surface area (Å²) in [6, 6.07) is 8.29. The molecule has 0 radical (unpaired) electrons. The van der Waals surface area contributed by atoms with Crippen LogP contribution < -0.4 is 0 Å². The molecule has 1 fully saturated rings. The highest BCUT2D eigenvalue weighted by Crippen LogP contribution is 2.30. The van der Waals surface area contributed by atoms with E-state index in [1.807, 2.05) is 43.9 Å². The van der Waals surface area contributed by atoms with Crippen LogP contribution >= 0.6 is 0 Å². The number of amides is 1. The van der Waals surface area contributed by atoms with Gasteiger partial charge < -0.3 is 4.90 Å². The van der Waals surface area contributed by atoms with Crippen LogP contribution in [0.4, 0.5) is 0 Å². The molecule has 2 rings (SSSR count). The van der Waals surface area contributed by atoms with Gasteiger partial charge in [0, 0.05) is 18.7 Å². The van der Waals surface area contributed by atoms with Gasteiger partial charge in [-0.05, 0) is 44.7 Å². The first kappa shape index (κ1) is 13.6. The maximum Gasteiger partial charge on any atom is 0.254 e. The number of carbonyl (C=O) groups is 1. The molecule has 0 bridgehead atoms. The van der Waals surface area contributed by atoms with E-state index in [9.17, 15) is 4.79 Å². The standard InChI is InChI=1S/C16H20N2O/c1-12-5-4-6-13(2)14(12)15(19)18-9-7-16(3,11-17)8-10-18/h4-6H,7-10H2,1-3H3. The Morgan fingerprint density at radius 1 is 1.26 bits per heavy atom. The highest BCUT2D eigenvalue weighted by Gasteiger charge is 2.32. The number of carbonyl (C=O) groups excluding carboxylic acids is 1. The molecule has 1 saturated heterocycles. The SMILES string of the molecule is Cc1cccc(C)c1C(=O)N1CCC(C)(C#N)CC1. The number of nitrogens with zero attached hydrogens (tertiary/aromatic N) is 2. The van der Waals surface area contributed by atoms with Gasteiger partial charge in [0.1, 0.15) is 0 Å². The number of rotatable bonds is 1. The Morgan fingerprint density at radius 2 is 1.79 bits per heavy atom. The Morgan fingerprint density at radius 3 is 2.26 bits per heavy atom. The van der Waals surface area contributed by atoms with E-state index in [0.717, 1.165) is 29.5 Å². The molecule has 3 heteroatoms. The zero-order valence-corrected chi connectivity index (χ0v) is 11.9. The Kier molecular flexibility index (Phi) is 3.61. The number of aryl methyl sites for hydroxylation is 2. The van der Waals surface area contributed by atoms with E-state index in [2.05, 4.69) is 6.07 Å². The van der Waals surface area contributed by atoms with Crippen LogP contribution in [0.1, 0.15) is 41.3 Å². The van der Waals surface area contributed by atoms with Crippen molar-refractivity contribution < 1.29 is 4.79 Å². The van der Waals surface area contributed by atoms with Crippen molar-refractivity contribution in [1.82, 2.24) is 4.90 Å². The van der Waals surface area contributed by atoms with Gasteiger partial charge >= 0.3 is 0 Å². The second kappa shape index (κ2) is 5.05. The molecule has 0 unspecified atom stereocenters. The molecule has 0 atom stereocenters. The van der Waals surface area contributed by atoms with Crippen molar-refractivity contribution in [2.24, 2.45) is 5.41 Å². The lowest BCUT2D eigenvalue weighted by molar-refractivity contribution is 0.0660. The van der Waals surface area contributed by atoms with Crippen molar-refractivity contribution >= 4 is 5.91 Å². The molecule has 0 spiro atoms. The molecule has 1 aromatic carbocycles. The Bertz CT molecular complexity index is 514. The first-order valence-corrected chi connectivity index (χ1v) is 6.73. The quantitative estimate of drug-likeness (QED) is 0.775. The van der Waals surface area contributed by atoms with Crippen LogP contribution in [0.3, 0.4) is 0 Å². The van der Waals surface area contributed by atoms with Gasteiger partial charge in [0.2, 0.25) is 0 Å². The number of hydrogen-bond donors (Lipinski definition) is 0. The number of nitriles is 1. The average molecular weight is 256 g/mol. The van der Waals surface area contributed by atoms with Crippen LogP contribution in [0, 0.1) is 30.6 Å². The van der Waals surface area contributed by atoms with Crippen molar-refractivity contribution in [2.75, 3.05) is 13.1 Å². The first-order chi connectivity index (χ1) is 8.97. The van der Waals surface area contributed by atoms with E-state index in [1.54, 1.807) is 0 Å². The van der Waals surface area contributed by atoms with Crippen molar-refractivity contribution in [2.45, 2.75) is 33.6 Å². The van der Waals surface area contributed by atoms with Gasteiger partial charge in [0.15, 0.2) is 0 Å². The predicted octanol–water partition coefficient (Wildman–Crippen LogP) is 3.07. The van der Waals surface area contributed by atoms with Crippen LogP contribution in [-0.4, -0.2) is 23.9 Å². The fourth-order valence-electron chi connectivity index (χ4n) is 2.63. The summed E-state index contributed by atoms with van der Waals surface area (Å²) in [6.07, 6.45) is 1.53. The fourth-order valence-corrected chi connectivity index (χ4v) is 2.63. The average Bonchev–Trinajstić information content (AvgIpc) is 2.39. The van der Waals surface area contributed by atoms with Crippen molar-refractivity contribution in [1.29, 1.82) is 5.26 Å². The lowest BCUT2D eigenvalue weighted by Crippen LogP contribution is -2.42. The van der Waals surface area contributed by atoms with E-state index in [0.29, 0.717) is 13.1 Å². The Labute approximate surface area is 114 Å². The van der Waals surface area contributed by atoms with Crippen molar-refractivity contribution in [3.63, 3.8) is 0 Å². The van der Waals surface area contributed by atoms with Gasteiger partial charge in [-0.25, -0.2) is 0 Å². The number of benzene rings is 1. The summed E-state index contributed by atoms with van der Waals surface area (Å²) in [6.45, 7) is 7.29. The van der Waals surface area contributed by atoms with Crippen molar-refractivity contribution in [3.8, 4) is 6.07 Å². The lowest BCUT2D eigenvalue weighted by Gasteiger charge is -2.35. The van der Waals surface area contributed by atoms with Crippen LogP contribution in [0.2, 0.25) is 0 Å². The molecule has 1 aliphatic rings. The summed E-state index contributed by atoms with van der Waals surface area (Å²) >= 11 is 0. The number of piperidine rings is 1. The van der Waals surface area contributed by atoms with Gasteiger partial charge in [0.25, 0.3) is 5.91 Å². The molecule has 0 N–H and O–H groups in total. The van der Waals surface area contributed by atoms with Crippen LogP contribution in [0.15, 0.2) is 18.2 Å². The molecule has 3 nitrogen and oxygen atoms in total. The molecule has 1 aromatic rings. The minimum absolute atomic E-state index is 0.107. The van der Waals surface area contributed by atoms with Gasteiger partial charge in [0.05, 0.1) is 11.5 Å². The molecule has 1 heterocycles. The molecule has 0 saturated carbocycles. The van der Waals surface area contributed by atoms with E-state index >= 15 is 0 Å². The molecule has 19 heavy (non-hydrogen) atoms. The minimum atomic E-state index is -0.266. The summed E-state index contributed by atoms with van der Waals surface area (Å²) in [5.41, 5.74) is 2.61. The highest BCUT2D eigenvalue weighted by molar-refractivity contribution is 5.97. The zero-order valence-electron chi connectivity index (χ0n) is 11.9. The van der Waals surface area contributed by atoms with Crippen LogP contribution in [0.5, 0.6) is 0 Å². The second-order valence-corrected chi connectivity index (χ2v) is 5.73. The largest absolute Gasteiger partial charge is 0.339 e. The maximum atomic E-state index is 12.6. The third-order valence-electron chi connectivity index (χ3n) is 4.12. The molecular formula is C16H20N2O. The summed E-state index contributed by atoms with van der Waals surface area (Å²) < 4.78 is 0. The molecule has 1 aliphatic heterocycles. The lowest BCUT2D eigenvalue weighted by atomic mass is 9.82. The monoisotopic (exact) mass is 256 g/mol. The summed E-state index contributed by atoms with van der Waals surface area (Å²) in [7, 11) is 0. The first-order valence-electron chi connectivity index (χ1n) is 6.73. The number of likely N-dealkylation sites (tertiary alicyclic amines) is 1. The van der Waals surface area contributed by atoms with Crippen molar-refractivity contribution in [3.05, 3.63) is 34.9 Å². The van der Waals surface area contributed by atoms with E-state index < -0.39 is 0 Å². The Hall–Kier alpha value is -1.82. The van der Waals surface area contributed by atoms with Crippen LogP contribution in [-0.2, 0) is 0 Å². The third-order valence-corrected chi connectivity index (χ3v) is 4.12. The molecule has 0 aliphatic carbocycles. The fraction of sp³-hybridized carbons (Fsp3) is 0.500. The number of hydrogen-bond acceptors (Lipinski definition) is 2. The molecule has 100 valence electrons. The van der Waals surface area contributed by atoms with E-state index in [-0.39, 0.29) is 11.3 Å². The maximum absolute atomic E-state index is 12.6. The highest BCUT2D eigenvalue weighted by atomic mass is 16.2. The molecule has 1 amide bonds. The molecular weight excluding hydrogens is 236 g/mol. The normalized spacial score (nSPS) is 17.9. The minimum Gasteiger partial charge on any atom is -0.339 e. The summed E-state index contributed by atoms with van der Waals surface area (Å²) in [5.74, 6) is 0.107. The zero-order chi connectivity index (χ0) is 14.0. The van der Waals surface area contributed by atoms with E-state index in [1.165, 1.54) is 0 Å².